The van der Waals surface area contributed by atoms with Crippen LogP contribution >= 0.6 is 15.9 Å². The Balaban J connectivity index is 1.89. The van der Waals surface area contributed by atoms with Gasteiger partial charge in [-0.05, 0) is 40.2 Å². The van der Waals surface area contributed by atoms with Crippen LogP contribution in [0, 0.1) is 0 Å². The van der Waals surface area contributed by atoms with Crippen LogP contribution in [0.25, 0.3) is 0 Å². The van der Waals surface area contributed by atoms with Gasteiger partial charge < -0.3 is 10.1 Å². The SMILES string of the molecule is Cn1cc(C(=O)Nc2ccccc2Oc2ccccc2Br)c(C(F)(F)F)n1. The highest BCUT2D eigenvalue weighted by molar-refractivity contribution is 9.10. The maximum absolute atomic E-state index is 13.1. The molecule has 1 heterocycles. The molecule has 2 aromatic carbocycles. The first-order valence-electron chi connectivity index (χ1n) is 7.69. The van der Waals surface area contributed by atoms with E-state index in [0.717, 1.165) is 10.9 Å². The van der Waals surface area contributed by atoms with Crippen molar-refractivity contribution in [3.05, 3.63) is 70.5 Å². The van der Waals surface area contributed by atoms with Crippen molar-refractivity contribution in [2.45, 2.75) is 6.18 Å². The van der Waals surface area contributed by atoms with E-state index in [0.29, 0.717) is 10.2 Å². The minimum atomic E-state index is -4.74. The molecular weight excluding hydrogens is 427 g/mol. The van der Waals surface area contributed by atoms with Crippen molar-refractivity contribution in [3.63, 3.8) is 0 Å². The summed E-state index contributed by atoms with van der Waals surface area (Å²) >= 11 is 3.35. The summed E-state index contributed by atoms with van der Waals surface area (Å²) in [5.74, 6) is -0.148. The number of halogens is 4. The molecule has 0 fully saturated rings. The number of aromatic nitrogens is 2. The Bertz CT molecular complexity index is 986. The monoisotopic (exact) mass is 439 g/mol. The molecule has 27 heavy (non-hydrogen) atoms. The van der Waals surface area contributed by atoms with Crippen molar-refractivity contribution in [1.29, 1.82) is 0 Å². The minimum Gasteiger partial charge on any atom is -0.454 e. The van der Waals surface area contributed by atoms with Gasteiger partial charge in [0, 0.05) is 13.2 Å². The number of carbonyl (C=O) groups is 1. The van der Waals surface area contributed by atoms with Crippen LogP contribution in [0.3, 0.4) is 0 Å². The van der Waals surface area contributed by atoms with Crippen LogP contribution in [0.15, 0.2) is 59.2 Å². The summed E-state index contributed by atoms with van der Waals surface area (Å²) in [7, 11) is 1.32. The van der Waals surface area contributed by atoms with Crippen LogP contribution in [0.5, 0.6) is 11.5 Å². The molecule has 1 N–H and O–H groups in total. The number of alkyl halides is 3. The second kappa shape index (κ2) is 7.43. The van der Waals surface area contributed by atoms with Crippen LogP contribution in [0.2, 0.25) is 0 Å². The van der Waals surface area contributed by atoms with Crippen LogP contribution in [-0.2, 0) is 13.2 Å². The van der Waals surface area contributed by atoms with Crippen molar-refractivity contribution < 1.29 is 22.7 Å². The van der Waals surface area contributed by atoms with Gasteiger partial charge in [-0.1, -0.05) is 24.3 Å². The highest BCUT2D eigenvalue weighted by Gasteiger charge is 2.39. The van der Waals surface area contributed by atoms with Crippen molar-refractivity contribution in [1.82, 2.24) is 9.78 Å². The number of benzene rings is 2. The zero-order valence-corrected chi connectivity index (χ0v) is 15.5. The number of ether oxygens (including phenoxy) is 1. The van der Waals surface area contributed by atoms with Crippen molar-refractivity contribution in [2.75, 3.05) is 5.32 Å². The van der Waals surface area contributed by atoms with E-state index in [1.807, 2.05) is 6.07 Å². The summed E-state index contributed by atoms with van der Waals surface area (Å²) in [5, 5.41) is 5.80. The summed E-state index contributed by atoms with van der Waals surface area (Å²) in [6.45, 7) is 0. The van der Waals surface area contributed by atoms with Gasteiger partial charge in [-0.25, -0.2) is 0 Å². The van der Waals surface area contributed by atoms with Gasteiger partial charge in [0.05, 0.1) is 15.7 Å². The van der Waals surface area contributed by atoms with Gasteiger partial charge in [-0.3, -0.25) is 9.48 Å². The van der Waals surface area contributed by atoms with Crippen LogP contribution in [0.1, 0.15) is 16.1 Å². The molecule has 9 heteroatoms. The fourth-order valence-corrected chi connectivity index (χ4v) is 2.72. The normalized spacial score (nSPS) is 11.3. The number of aryl methyl sites for hydroxylation is 1. The molecule has 3 aromatic rings. The Kier molecular flexibility index (Phi) is 5.22. The van der Waals surface area contributed by atoms with Crippen molar-refractivity contribution in [3.8, 4) is 11.5 Å². The first kappa shape index (κ1) is 19.0. The van der Waals surface area contributed by atoms with Gasteiger partial charge in [0.1, 0.15) is 5.75 Å². The Morgan fingerprint density at radius 3 is 2.41 bits per heavy atom. The zero-order chi connectivity index (χ0) is 19.6. The summed E-state index contributed by atoms with van der Waals surface area (Å²) in [4.78, 5) is 12.4. The summed E-state index contributed by atoms with van der Waals surface area (Å²) in [5.41, 5.74) is -1.58. The molecule has 3 rings (SSSR count). The lowest BCUT2D eigenvalue weighted by Crippen LogP contribution is -2.18. The second-order valence-corrected chi connectivity index (χ2v) is 6.40. The number of carbonyl (C=O) groups excluding carboxylic acids is 1. The number of hydrogen-bond acceptors (Lipinski definition) is 3. The van der Waals surface area contributed by atoms with E-state index < -0.39 is 23.3 Å². The molecule has 0 aliphatic rings. The third-order valence-electron chi connectivity index (χ3n) is 3.53. The lowest BCUT2D eigenvalue weighted by Gasteiger charge is -2.13. The number of nitrogens with zero attached hydrogens (tertiary/aromatic N) is 2. The fraction of sp³-hybridized carbons (Fsp3) is 0.111. The molecule has 0 saturated carbocycles. The number of nitrogens with one attached hydrogen (secondary N) is 1. The standard InChI is InChI=1S/C18H13BrF3N3O2/c1-25-10-11(16(24-25)18(20,21)22)17(26)23-13-7-3-5-9-15(13)27-14-8-4-2-6-12(14)19/h2-10H,1H3,(H,23,26). The van der Waals surface area contributed by atoms with Crippen molar-refractivity contribution >= 4 is 27.5 Å². The van der Waals surface area contributed by atoms with E-state index >= 15 is 0 Å². The smallest absolute Gasteiger partial charge is 0.435 e. The topological polar surface area (TPSA) is 56.2 Å². The molecule has 0 aliphatic heterocycles. The van der Waals surface area contributed by atoms with Crippen LogP contribution in [0.4, 0.5) is 18.9 Å². The molecule has 0 saturated heterocycles. The lowest BCUT2D eigenvalue weighted by molar-refractivity contribution is -0.141. The zero-order valence-electron chi connectivity index (χ0n) is 13.9. The predicted octanol–water partition coefficient (Wildman–Crippen LogP) is 5.25. The fourth-order valence-electron chi connectivity index (χ4n) is 2.36. The Morgan fingerprint density at radius 1 is 1.11 bits per heavy atom. The predicted molar refractivity (Wildman–Crippen MR) is 96.8 cm³/mol. The molecule has 0 bridgehead atoms. The molecule has 0 spiro atoms. The highest BCUT2D eigenvalue weighted by Crippen LogP contribution is 2.35. The molecule has 1 aromatic heterocycles. The maximum atomic E-state index is 13.1. The van der Waals surface area contributed by atoms with Crippen molar-refractivity contribution in [2.24, 2.45) is 7.05 Å². The first-order chi connectivity index (χ1) is 12.8. The quantitative estimate of drug-likeness (QED) is 0.604. The number of hydrogen-bond donors (Lipinski definition) is 1. The Labute approximate surface area is 160 Å². The second-order valence-electron chi connectivity index (χ2n) is 5.55. The van der Waals surface area contributed by atoms with Gasteiger partial charge in [0.15, 0.2) is 11.4 Å². The third-order valence-corrected chi connectivity index (χ3v) is 4.19. The van der Waals surface area contributed by atoms with Crippen LogP contribution < -0.4 is 10.1 Å². The average molecular weight is 440 g/mol. The maximum Gasteiger partial charge on any atom is 0.435 e. The van der Waals surface area contributed by atoms with E-state index in [1.165, 1.54) is 13.1 Å². The third kappa shape index (κ3) is 4.30. The molecule has 0 radical (unpaired) electrons. The van der Waals surface area contributed by atoms with Gasteiger partial charge in [-0.15, -0.1) is 0 Å². The molecule has 0 atom stereocenters. The van der Waals surface area contributed by atoms with Crippen LogP contribution in [-0.4, -0.2) is 15.7 Å². The number of amides is 1. The van der Waals surface area contributed by atoms with Gasteiger partial charge in [-0.2, -0.15) is 18.3 Å². The molecule has 0 unspecified atom stereocenters. The van der Waals surface area contributed by atoms with Gasteiger partial charge in [0.2, 0.25) is 0 Å². The lowest BCUT2D eigenvalue weighted by atomic mass is 10.2. The molecule has 0 aliphatic carbocycles. The van der Waals surface area contributed by atoms with E-state index in [4.69, 9.17) is 4.74 Å². The van der Waals surface area contributed by atoms with Gasteiger partial charge in [0.25, 0.3) is 5.91 Å². The summed E-state index contributed by atoms with van der Waals surface area (Å²) < 4.78 is 46.7. The van der Waals surface area contributed by atoms with E-state index in [2.05, 4.69) is 26.3 Å². The summed E-state index contributed by atoms with van der Waals surface area (Å²) in [6.07, 6.45) is -3.71. The van der Waals surface area contributed by atoms with E-state index in [-0.39, 0.29) is 11.4 Å². The number of para-hydroxylation sites is 3. The number of rotatable bonds is 4. The summed E-state index contributed by atoms with van der Waals surface area (Å²) in [6, 6.07) is 13.5. The largest absolute Gasteiger partial charge is 0.454 e. The molecule has 140 valence electrons. The van der Waals surface area contributed by atoms with Gasteiger partial charge >= 0.3 is 6.18 Å². The Hall–Kier alpha value is -2.81. The van der Waals surface area contributed by atoms with E-state index in [1.54, 1.807) is 36.4 Å². The molecule has 1 amide bonds. The average Bonchev–Trinajstić information content (AvgIpc) is 3.01. The minimum absolute atomic E-state index is 0.232. The Morgan fingerprint density at radius 2 is 1.74 bits per heavy atom. The molecular formula is C18H13BrF3N3O2. The first-order valence-corrected chi connectivity index (χ1v) is 8.48. The van der Waals surface area contributed by atoms with E-state index in [9.17, 15) is 18.0 Å². The molecule has 5 nitrogen and oxygen atoms in total. The highest BCUT2D eigenvalue weighted by atomic mass is 79.9. The number of anilines is 1.